The molecular weight excluding hydrogens is 250 g/mol. The molecule has 1 rings (SSSR count). The molecule has 0 radical (unpaired) electrons. The second-order valence-electron chi connectivity index (χ2n) is 3.30. The third-order valence-electron chi connectivity index (χ3n) is 1.99. The first-order chi connectivity index (χ1) is 8.67. The molecule has 0 spiro atoms. The number of nitrogens with zero attached hydrogens (tertiary/aromatic N) is 1. The smallest absolute Gasteiger partial charge is 0.187 e. The molecule has 1 aromatic carbocycles. The van der Waals surface area contributed by atoms with Gasteiger partial charge in [0.1, 0.15) is 0 Å². The van der Waals surface area contributed by atoms with Crippen LogP contribution in [0, 0.1) is 0 Å². The van der Waals surface area contributed by atoms with Crippen LogP contribution in [-0.4, -0.2) is 30.1 Å². The number of phenols is 1. The molecule has 96 valence electrons. The number of benzene rings is 1. The summed E-state index contributed by atoms with van der Waals surface area (Å²) in [6.07, 6.45) is 3.24. The molecule has 1 aromatic rings. The third kappa shape index (κ3) is 4.42. The van der Waals surface area contributed by atoms with Gasteiger partial charge in [-0.15, -0.1) is 6.58 Å². The zero-order valence-electron chi connectivity index (χ0n) is 10.0. The number of hydrazone groups is 1. The van der Waals surface area contributed by atoms with Gasteiger partial charge < -0.3 is 15.2 Å². The fourth-order valence-corrected chi connectivity index (χ4v) is 1.29. The molecule has 18 heavy (non-hydrogen) atoms. The normalized spacial score (nSPS) is 10.1. The fourth-order valence-electron chi connectivity index (χ4n) is 1.16. The number of phenolic OH excluding ortho intramolecular Hbond substituents is 1. The average Bonchev–Trinajstić information content (AvgIpc) is 2.36. The van der Waals surface area contributed by atoms with Gasteiger partial charge in [-0.3, -0.25) is 5.43 Å². The molecule has 0 bridgehead atoms. The fraction of sp³-hybridized carbons (Fsp3) is 0.167. The average molecular weight is 265 g/mol. The molecular formula is C12H15N3O2S. The van der Waals surface area contributed by atoms with E-state index in [4.69, 9.17) is 17.0 Å². The predicted octanol–water partition coefficient (Wildman–Crippen LogP) is 1.38. The summed E-state index contributed by atoms with van der Waals surface area (Å²) in [4.78, 5) is 0. The Morgan fingerprint density at radius 3 is 3.00 bits per heavy atom. The van der Waals surface area contributed by atoms with E-state index in [1.54, 1.807) is 30.5 Å². The number of ether oxygens (including phenoxy) is 1. The maximum absolute atomic E-state index is 9.56. The van der Waals surface area contributed by atoms with Crippen LogP contribution in [0.4, 0.5) is 0 Å². The first kappa shape index (κ1) is 14.0. The van der Waals surface area contributed by atoms with Crippen molar-refractivity contribution in [3.8, 4) is 11.5 Å². The Bertz CT molecular complexity index is 461. The van der Waals surface area contributed by atoms with Crippen LogP contribution in [0.25, 0.3) is 0 Å². The maximum atomic E-state index is 9.56. The van der Waals surface area contributed by atoms with Crippen LogP contribution in [0.15, 0.2) is 36.0 Å². The number of nitrogens with one attached hydrogen (secondary N) is 2. The van der Waals surface area contributed by atoms with Gasteiger partial charge in [0.15, 0.2) is 16.6 Å². The molecule has 3 N–H and O–H groups in total. The highest BCUT2D eigenvalue weighted by molar-refractivity contribution is 7.80. The monoisotopic (exact) mass is 265 g/mol. The number of hydrogen-bond donors (Lipinski definition) is 3. The van der Waals surface area contributed by atoms with Gasteiger partial charge in [-0.25, -0.2) is 0 Å². The van der Waals surface area contributed by atoms with E-state index in [-0.39, 0.29) is 5.75 Å². The zero-order valence-corrected chi connectivity index (χ0v) is 10.8. The first-order valence-electron chi connectivity index (χ1n) is 5.22. The van der Waals surface area contributed by atoms with Crippen molar-refractivity contribution in [2.45, 2.75) is 0 Å². The van der Waals surface area contributed by atoms with Crippen LogP contribution < -0.4 is 15.5 Å². The van der Waals surface area contributed by atoms with Crippen LogP contribution in [0.1, 0.15) is 5.56 Å². The topological polar surface area (TPSA) is 65.9 Å². The van der Waals surface area contributed by atoms with E-state index in [2.05, 4.69) is 22.4 Å². The van der Waals surface area contributed by atoms with Gasteiger partial charge in [0.2, 0.25) is 0 Å². The van der Waals surface area contributed by atoms with E-state index >= 15 is 0 Å². The van der Waals surface area contributed by atoms with Gasteiger partial charge in [-0.1, -0.05) is 6.08 Å². The Morgan fingerprint density at radius 2 is 2.39 bits per heavy atom. The Hall–Kier alpha value is -2.08. The molecule has 0 atom stereocenters. The summed E-state index contributed by atoms with van der Waals surface area (Å²) in [7, 11) is 1.49. The lowest BCUT2D eigenvalue weighted by Gasteiger charge is -2.04. The van der Waals surface area contributed by atoms with Gasteiger partial charge in [-0.05, 0) is 36.0 Å². The zero-order chi connectivity index (χ0) is 13.4. The summed E-state index contributed by atoms with van der Waals surface area (Å²) in [6.45, 7) is 4.13. The van der Waals surface area contributed by atoms with E-state index in [0.29, 0.717) is 17.4 Å². The van der Waals surface area contributed by atoms with E-state index in [1.807, 2.05) is 0 Å². The molecule has 0 amide bonds. The Balaban J connectivity index is 2.54. The molecule has 0 saturated carbocycles. The molecule has 0 saturated heterocycles. The van der Waals surface area contributed by atoms with Crippen LogP contribution in [0.3, 0.4) is 0 Å². The highest BCUT2D eigenvalue weighted by atomic mass is 32.1. The van der Waals surface area contributed by atoms with Crippen molar-refractivity contribution in [1.29, 1.82) is 0 Å². The molecule has 6 heteroatoms. The van der Waals surface area contributed by atoms with Crippen molar-refractivity contribution < 1.29 is 9.84 Å². The standard InChI is InChI=1S/C12H15N3O2S/c1-3-6-13-12(18)15-14-8-9-4-5-11(17-2)10(16)7-9/h3-5,7-8,16H,1,6H2,2H3,(H2,13,15,18). The second-order valence-corrected chi connectivity index (χ2v) is 3.71. The molecule has 0 aromatic heterocycles. The number of rotatable bonds is 5. The van der Waals surface area contributed by atoms with E-state index < -0.39 is 0 Å². The van der Waals surface area contributed by atoms with E-state index in [0.717, 1.165) is 5.56 Å². The van der Waals surface area contributed by atoms with Crippen LogP contribution in [0.5, 0.6) is 11.5 Å². The Labute approximate surface area is 111 Å². The number of methoxy groups -OCH3 is 1. The Kier molecular flexibility index (Phi) is 5.66. The van der Waals surface area contributed by atoms with Crippen molar-refractivity contribution in [3.05, 3.63) is 36.4 Å². The first-order valence-corrected chi connectivity index (χ1v) is 5.63. The molecule has 0 fully saturated rings. The quantitative estimate of drug-likeness (QED) is 0.325. The van der Waals surface area contributed by atoms with Gasteiger partial charge >= 0.3 is 0 Å². The molecule has 0 aliphatic rings. The minimum absolute atomic E-state index is 0.0637. The van der Waals surface area contributed by atoms with Gasteiger partial charge in [0.05, 0.1) is 13.3 Å². The summed E-state index contributed by atoms with van der Waals surface area (Å²) in [5, 5.41) is 16.8. The molecule has 0 aliphatic heterocycles. The SMILES string of the molecule is C=CCNC(=S)NN=Cc1ccc(OC)c(O)c1. The lowest BCUT2D eigenvalue weighted by Crippen LogP contribution is -2.31. The highest BCUT2D eigenvalue weighted by Gasteiger charge is 2.00. The summed E-state index contributed by atoms with van der Waals surface area (Å²) in [6, 6.07) is 4.97. The van der Waals surface area contributed by atoms with Crippen LogP contribution >= 0.6 is 12.2 Å². The van der Waals surface area contributed by atoms with Gasteiger partial charge in [0, 0.05) is 6.54 Å². The van der Waals surface area contributed by atoms with Crippen molar-refractivity contribution in [2.75, 3.05) is 13.7 Å². The second kappa shape index (κ2) is 7.29. The summed E-state index contributed by atoms with van der Waals surface area (Å²) in [5.74, 6) is 0.483. The molecule has 0 heterocycles. The van der Waals surface area contributed by atoms with Crippen molar-refractivity contribution in [3.63, 3.8) is 0 Å². The predicted molar refractivity (Wildman–Crippen MR) is 76.2 cm³/mol. The van der Waals surface area contributed by atoms with E-state index in [1.165, 1.54) is 7.11 Å². The minimum atomic E-state index is 0.0637. The van der Waals surface area contributed by atoms with Crippen LogP contribution in [-0.2, 0) is 0 Å². The van der Waals surface area contributed by atoms with Gasteiger partial charge in [0.25, 0.3) is 0 Å². The van der Waals surface area contributed by atoms with Crippen molar-refractivity contribution in [1.82, 2.24) is 10.7 Å². The third-order valence-corrected chi connectivity index (χ3v) is 2.23. The molecule has 0 unspecified atom stereocenters. The minimum Gasteiger partial charge on any atom is -0.504 e. The highest BCUT2D eigenvalue weighted by Crippen LogP contribution is 2.25. The number of thiocarbonyl (C=S) groups is 1. The Morgan fingerprint density at radius 1 is 1.61 bits per heavy atom. The van der Waals surface area contributed by atoms with Crippen molar-refractivity contribution in [2.24, 2.45) is 5.10 Å². The lowest BCUT2D eigenvalue weighted by molar-refractivity contribution is 0.373. The maximum Gasteiger partial charge on any atom is 0.187 e. The van der Waals surface area contributed by atoms with Gasteiger partial charge in [-0.2, -0.15) is 5.10 Å². The number of aromatic hydroxyl groups is 1. The molecule has 5 nitrogen and oxygen atoms in total. The van der Waals surface area contributed by atoms with Crippen LogP contribution in [0.2, 0.25) is 0 Å². The largest absolute Gasteiger partial charge is 0.504 e. The summed E-state index contributed by atoms with van der Waals surface area (Å²) in [5.41, 5.74) is 3.37. The van der Waals surface area contributed by atoms with E-state index in [9.17, 15) is 5.11 Å². The number of hydrogen-bond acceptors (Lipinski definition) is 4. The lowest BCUT2D eigenvalue weighted by atomic mass is 10.2. The summed E-state index contributed by atoms with van der Waals surface area (Å²) < 4.78 is 4.94. The molecule has 0 aliphatic carbocycles. The summed E-state index contributed by atoms with van der Waals surface area (Å²) >= 11 is 4.95. The van der Waals surface area contributed by atoms with Crippen molar-refractivity contribution >= 4 is 23.5 Å².